The number of nitrogens with one attached hydrogen (secondary N) is 2. The van der Waals surface area contributed by atoms with Gasteiger partial charge >= 0.3 is 0 Å². The van der Waals surface area contributed by atoms with Gasteiger partial charge in [-0.3, -0.25) is 24.6 Å². The summed E-state index contributed by atoms with van der Waals surface area (Å²) in [6.07, 6.45) is 5.90. The van der Waals surface area contributed by atoms with Crippen LogP contribution in [0.5, 0.6) is 0 Å². The molecule has 1 aliphatic carbocycles. The van der Waals surface area contributed by atoms with Crippen LogP contribution in [0, 0.1) is 5.92 Å². The second kappa shape index (κ2) is 8.12. The van der Waals surface area contributed by atoms with Gasteiger partial charge in [0.1, 0.15) is 6.04 Å². The van der Waals surface area contributed by atoms with Crippen molar-refractivity contribution in [3.63, 3.8) is 0 Å². The molecule has 2 saturated heterocycles. The molecule has 3 unspecified atom stereocenters. The zero-order chi connectivity index (χ0) is 20.7. The van der Waals surface area contributed by atoms with Gasteiger partial charge in [0.2, 0.25) is 11.8 Å². The number of nitrogens with zero attached hydrogens (tertiary/aromatic N) is 2. The SMILES string of the molecule is O=C1CCC(N2Cc3ccc(CN4CCNCC5CCCCC54)cc3C2=O)C(=O)N1. The topological polar surface area (TPSA) is 81.8 Å². The van der Waals surface area contributed by atoms with Gasteiger partial charge in [0, 0.05) is 44.2 Å². The Morgan fingerprint density at radius 3 is 2.80 bits per heavy atom. The van der Waals surface area contributed by atoms with E-state index in [0.29, 0.717) is 24.6 Å². The number of rotatable bonds is 3. The number of fused-ring (bicyclic) bond motifs is 2. The molecule has 30 heavy (non-hydrogen) atoms. The van der Waals surface area contributed by atoms with E-state index in [-0.39, 0.29) is 24.1 Å². The molecular weight excluding hydrogens is 380 g/mol. The van der Waals surface area contributed by atoms with Crippen molar-refractivity contribution in [1.82, 2.24) is 20.4 Å². The lowest BCUT2D eigenvalue weighted by molar-refractivity contribution is -0.136. The number of piperidine rings is 1. The highest BCUT2D eigenvalue weighted by Gasteiger charge is 2.39. The summed E-state index contributed by atoms with van der Waals surface area (Å²) in [6.45, 7) is 4.47. The van der Waals surface area contributed by atoms with E-state index in [1.165, 1.54) is 31.2 Å². The third-order valence-electron chi connectivity index (χ3n) is 7.30. The van der Waals surface area contributed by atoms with E-state index < -0.39 is 6.04 Å². The van der Waals surface area contributed by atoms with E-state index in [1.54, 1.807) is 4.90 Å². The van der Waals surface area contributed by atoms with Gasteiger partial charge in [-0.25, -0.2) is 0 Å². The van der Waals surface area contributed by atoms with E-state index in [1.807, 2.05) is 12.1 Å². The van der Waals surface area contributed by atoms with Gasteiger partial charge in [-0.15, -0.1) is 0 Å². The summed E-state index contributed by atoms with van der Waals surface area (Å²) in [4.78, 5) is 41.0. The molecule has 3 fully saturated rings. The monoisotopic (exact) mass is 410 g/mol. The lowest BCUT2D eigenvalue weighted by Crippen LogP contribution is -2.52. The maximum atomic E-state index is 13.1. The quantitative estimate of drug-likeness (QED) is 0.737. The van der Waals surface area contributed by atoms with Gasteiger partial charge in [-0.1, -0.05) is 25.0 Å². The Hall–Kier alpha value is -2.25. The number of imide groups is 1. The van der Waals surface area contributed by atoms with Crippen LogP contribution in [0.1, 0.15) is 60.0 Å². The molecule has 3 atom stereocenters. The summed E-state index contributed by atoms with van der Waals surface area (Å²) in [5.74, 6) is 0.0263. The summed E-state index contributed by atoms with van der Waals surface area (Å²) in [5.41, 5.74) is 2.85. The first-order valence-electron chi connectivity index (χ1n) is 11.3. The highest BCUT2D eigenvalue weighted by Crippen LogP contribution is 2.32. The number of carbonyl (C=O) groups excluding carboxylic acids is 3. The standard InChI is InChI=1S/C23H30N4O3/c28-21-8-7-20(22(29)25-21)27-14-17-6-5-15(11-18(17)23(27)30)13-26-10-9-24-12-16-3-1-2-4-19(16)26/h5-6,11,16,19-20,24H,1-4,7-10,12-14H2,(H,25,28,29). The molecule has 3 heterocycles. The summed E-state index contributed by atoms with van der Waals surface area (Å²) in [6, 6.07) is 6.28. The van der Waals surface area contributed by atoms with E-state index in [2.05, 4.69) is 21.6 Å². The number of carbonyl (C=O) groups is 3. The van der Waals surface area contributed by atoms with Crippen molar-refractivity contribution in [3.05, 3.63) is 34.9 Å². The summed E-state index contributed by atoms with van der Waals surface area (Å²) in [7, 11) is 0. The average molecular weight is 411 g/mol. The molecule has 3 amide bonds. The Kier molecular flexibility index (Phi) is 5.33. The summed E-state index contributed by atoms with van der Waals surface area (Å²) >= 11 is 0. The fourth-order valence-corrected chi connectivity index (χ4v) is 5.71. The molecule has 0 bridgehead atoms. The maximum absolute atomic E-state index is 13.1. The predicted octanol–water partition coefficient (Wildman–Crippen LogP) is 1.41. The summed E-state index contributed by atoms with van der Waals surface area (Å²) in [5, 5.41) is 5.96. The molecule has 0 aromatic heterocycles. The largest absolute Gasteiger partial charge is 0.322 e. The molecule has 1 aromatic carbocycles. The molecule has 1 aromatic rings. The molecule has 160 valence electrons. The molecule has 5 rings (SSSR count). The highest BCUT2D eigenvalue weighted by atomic mass is 16.2. The first-order valence-corrected chi connectivity index (χ1v) is 11.3. The van der Waals surface area contributed by atoms with E-state index >= 15 is 0 Å². The van der Waals surface area contributed by atoms with Crippen molar-refractivity contribution in [2.45, 2.75) is 63.7 Å². The molecular formula is C23H30N4O3. The lowest BCUT2D eigenvalue weighted by Gasteiger charge is -2.38. The molecule has 4 aliphatic rings. The number of hydrogen-bond donors (Lipinski definition) is 2. The smallest absolute Gasteiger partial charge is 0.255 e. The molecule has 3 aliphatic heterocycles. The van der Waals surface area contributed by atoms with Crippen molar-refractivity contribution in [3.8, 4) is 0 Å². The average Bonchev–Trinajstić information content (AvgIpc) is 2.93. The predicted molar refractivity (Wildman–Crippen MR) is 112 cm³/mol. The molecule has 0 radical (unpaired) electrons. The van der Waals surface area contributed by atoms with Crippen LogP contribution >= 0.6 is 0 Å². The van der Waals surface area contributed by atoms with Crippen molar-refractivity contribution >= 4 is 17.7 Å². The minimum atomic E-state index is -0.550. The van der Waals surface area contributed by atoms with Gasteiger partial charge in [0.25, 0.3) is 5.91 Å². The van der Waals surface area contributed by atoms with Crippen LogP contribution in [0.25, 0.3) is 0 Å². The Morgan fingerprint density at radius 1 is 1.07 bits per heavy atom. The van der Waals surface area contributed by atoms with Gasteiger partial charge in [-0.05, 0) is 48.9 Å². The summed E-state index contributed by atoms with van der Waals surface area (Å²) < 4.78 is 0. The molecule has 2 N–H and O–H groups in total. The Bertz CT molecular complexity index is 870. The lowest BCUT2D eigenvalue weighted by atomic mass is 9.83. The fraction of sp³-hybridized carbons (Fsp3) is 0.609. The third kappa shape index (κ3) is 3.65. The first-order chi connectivity index (χ1) is 14.6. The van der Waals surface area contributed by atoms with Crippen LogP contribution in [0.15, 0.2) is 18.2 Å². The van der Waals surface area contributed by atoms with Crippen molar-refractivity contribution in [2.24, 2.45) is 5.92 Å². The van der Waals surface area contributed by atoms with E-state index in [0.717, 1.165) is 37.7 Å². The first kappa shape index (κ1) is 19.7. The van der Waals surface area contributed by atoms with Crippen LogP contribution in [0.2, 0.25) is 0 Å². The zero-order valence-corrected chi connectivity index (χ0v) is 17.4. The minimum absolute atomic E-state index is 0.0885. The van der Waals surface area contributed by atoms with E-state index in [9.17, 15) is 14.4 Å². The number of amides is 3. The van der Waals surface area contributed by atoms with Crippen LogP contribution < -0.4 is 10.6 Å². The van der Waals surface area contributed by atoms with Crippen molar-refractivity contribution < 1.29 is 14.4 Å². The maximum Gasteiger partial charge on any atom is 0.255 e. The Labute approximate surface area is 177 Å². The fourth-order valence-electron chi connectivity index (χ4n) is 5.71. The van der Waals surface area contributed by atoms with Crippen LogP contribution in [0.3, 0.4) is 0 Å². The van der Waals surface area contributed by atoms with Crippen LogP contribution in [-0.4, -0.2) is 59.2 Å². The van der Waals surface area contributed by atoms with Crippen LogP contribution in [-0.2, 0) is 22.7 Å². The van der Waals surface area contributed by atoms with Crippen molar-refractivity contribution in [1.29, 1.82) is 0 Å². The zero-order valence-electron chi connectivity index (χ0n) is 17.4. The third-order valence-corrected chi connectivity index (χ3v) is 7.30. The molecule has 0 spiro atoms. The van der Waals surface area contributed by atoms with E-state index in [4.69, 9.17) is 0 Å². The Morgan fingerprint density at radius 2 is 1.93 bits per heavy atom. The van der Waals surface area contributed by atoms with Gasteiger partial charge in [-0.2, -0.15) is 0 Å². The normalized spacial score (nSPS) is 29.9. The van der Waals surface area contributed by atoms with Crippen molar-refractivity contribution in [2.75, 3.05) is 19.6 Å². The van der Waals surface area contributed by atoms with Gasteiger partial charge in [0.15, 0.2) is 0 Å². The second-order valence-corrected chi connectivity index (χ2v) is 9.18. The minimum Gasteiger partial charge on any atom is -0.322 e. The molecule has 1 saturated carbocycles. The van der Waals surface area contributed by atoms with Gasteiger partial charge in [0.05, 0.1) is 0 Å². The second-order valence-electron chi connectivity index (χ2n) is 9.18. The molecule has 7 heteroatoms. The number of hydrogen-bond acceptors (Lipinski definition) is 5. The highest BCUT2D eigenvalue weighted by molar-refractivity contribution is 6.05. The Balaban J connectivity index is 1.32. The van der Waals surface area contributed by atoms with Crippen LogP contribution in [0.4, 0.5) is 0 Å². The van der Waals surface area contributed by atoms with Gasteiger partial charge < -0.3 is 10.2 Å². The number of benzene rings is 1. The molecule has 7 nitrogen and oxygen atoms in total.